The molecular weight excluding hydrogens is 316 g/mol. The van der Waals surface area contributed by atoms with Crippen LogP contribution in [0.5, 0.6) is 0 Å². The van der Waals surface area contributed by atoms with Crippen LogP contribution >= 0.6 is 0 Å². The molecule has 0 aromatic carbocycles. The number of carbonyl (C=O) groups is 1. The van der Waals surface area contributed by atoms with Crippen molar-refractivity contribution >= 4 is 11.6 Å². The lowest BCUT2D eigenvalue weighted by atomic mass is 10.2. The molecule has 3 aromatic rings. The van der Waals surface area contributed by atoms with Crippen LogP contribution in [-0.4, -0.2) is 39.8 Å². The van der Waals surface area contributed by atoms with Crippen molar-refractivity contribution in [2.75, 3.05) is 19.6 Å². The minimum absolute atomic E-state index is 0.0696. The fraction of sp³-hybridized carbons (Fsp3) is 0.368. The van der Waals surface area contributed by atoms with Gasteiger partial charge in [0.1, 0.15) is 17.1 Å². The van der Waals surface area contributed by atoms with Gasteiger partial charge in [-0.15, -0.1) is 0 Å². The molecule has 0 unspecified atom stereocenters. The molecule has 1 atom stereocenters. The van der Waals surface area contributed by atoms with E-state index in [1.165, 1.54) is 12.8 Å². The maximum Gasteiger partial charge on any atom is 0.271 e. The van der Waals surface area contributed by atoms with Gasteiger partial charge in [0.05, 0.1) is 12.3 Å². The van der Waals surface area contributed by atoms with Crippen LogP contribution in [0.1, 0.15) is 40.8 Å². The van der Waals surface area contributed by atoms with Crippen LogP contribution < -0.4 is 5.32 Å². The predicted octanol–water partition coefficient (Wildman–Crippen LogP) is 2.80. The largest absolute Gasteiger partial charge is 0.468 e. The molecule has 25 heavy (non-hydrogen) atoms. The van der Waals surface area contributed by atoms with Gasteiger partial charge in [-0.05, 0) is 57.1 Å². The van der Waals surface area contributed by atoms with Crippen LogP contribution in [0.15, 0.2) is 47.2 Å². The lowest BCUT2D eigenvalue weighted by molar-refractivity contribution is 0.0929. The maximum atomic E-state index is 12.6. The zero-order valence-electron chi connectivity index (χ0n) is 14.3. The third kappa shape index (κ3) is 3.17. The topological polar surface area (TPSA) is 62.8 Å². The summed E-state index contributed by atoms with van der Waals surface area (Å²) in [5, 5.41) is 3.03. The molecular formula is C19H22N4O2. The van der Waals surface area contributed by atoms with Crippen molar-refractivity contribution in [2.45, 2.75) is 25.8 Å². The molecule has 1 aliphatic heterocycles. The molecule has 0 aliphatic carbocycles. The van der Waals surface area contributed by atoms with Crippen LogP contribution in [-0.2, 0) is 0 Å². The quantitative estimate of drug-likeness (QED) is 0.777. The highest BCUT2D eigenvalue weighted by atomic mass is 16.3. The minimum Gasteiger partial charge on any atom is -0.468 e. The summed E-state index contributed by atoms with van der Waals surface area (Å²) in [4.78, 5) is 19.4. The number of pyridine rings is 1. The first-order valence-electron chi connectivity index (χ1n) is 8.73. The Balaban J connectivity index is 1.49. The normalized spacial score (nSPS) is 16.4. The Labute approximate surface area is 146 Å². The Hall–Kier alpha value is -2.60. The molecule has 130 valence electrons. The molecule has 1 amide bonds. The van der Waals surface area contributed by atoms with Crippen LogP contribution in [0.4, 0.5) is 0 Å². The van der Waals surface area contributed by atoms with Crippen molar-refractivity contribution in [3.8, 4) is 0 Å². The molecule has 0 spiro atoms. The van der Waals surface area contributed by atoms with E-state index >= 15 is 0 Å². The summed E-state index contributed by atoms with van der Waals surface area (Å²) in [5.74, 6) is 0.742. The van der Waals surface area contributed by atoms with E-state index in [0.29, 0.717) is 12.2 Å². The van der Waals surface area contributed by atoms with Gasteiger partial charge in [-0.3, -0.25) is 9.69 Å². The van der Waals surface area contributed by atoms with Crippen molar-refractivity contribution in [3.05, 3.63) is 59.9 Å². The lowest BCUT2D eigenvalue weighted by Crippen LogP contribution is -2.36. The van der Waals surface area contributed by atoms with E-state index in [2.05, 4.69) is 15.2 Å². The van der Waals surface area contributed by atoms with Gasteiger partial charge in [0.25, 0.3) is 5.91 Å². The van der Waals surface area contributed by atoms with E-state index < -0.39 is 0 Å². The highest BCUT2D eigenvalue weighted by Crippen LogP contribution is 2.25. The zero-order chi connectivity index (χ0) is 17.2. The fourth-order valence-corrected chi connectivity index (χ4v) is 3.48. The Morgan fingerprint density at radius 2 is 2.12 bits per heavy atom. The van der Waals surface area contributed by atoms with Gasteiger partial charge >= 0.3 is 0 Å². The second-order valence-electron chi connectivity index (χ2n) is 6.51. The van der Waals surface area contributed by atoms with Crippen LogP contribution in [0.25, 0.3) is 5.65 Å². The van der Waals surface area contributed by atoms with E-state index in [0.717, 1.165) is 30.2 Å². The highest BCUT2D eigenvalue weighted by Gasteiger charge is 2.26. The van der Waals surface area contributed by atoms with E-state index in [1.54, 1.807) is 12.5 Å². The molecule has 6 nitrogen and oxygen atoms in total. The second kappa shape index (κ2) is 6.72. The standard InChI is InChI=1S/C19H22N4O2/c1-14-6-4-8-18-21-15(13-23(14)18)19(24)20-12-16(17-7-5-11-25-17)22-9-2-3-10-22/h4-8,11,13,16H,2-3,9-10,12H2,1H3,(H,20,24)/t16-/m1/s1. The third-order valence-electron chi connectivity index (χ3n) is 4.84. The van der Waals surface area contributed by atoms with Crippen LogP contribution in [0.3, 0.4) is 0 Å². The molecule has 6 heteroatoms. The molecule has 4 heterocycles. The zero-order valence-corrected chi connectivity index (χ0v) is 14.3. The summed E-state index contributed by atoms with van der Waals surface area (Å²) in [5.41, 5.74) is 2.27. The van der Waals surface area contributed by atoms with Gasteiger partial charge in [0.2, 0.25) is 0 Å². The molecule has 1 fully saturated rings. The first-order chi connectivity index (χ1) is 12.2. The minimum atomic E-state index is -0.154. The molecule has 4 rings (SSSR count). The van der Waals surface area contributed by atoms with Gasteiger partial charge in [0.15, 0.2) is 0 Å². The number of nitrogens with zero attached hydrogens (tertiary/aromatic N) is 3. The summed E-state index contributed by atoms with van der Waals surface area (Å²) in [7, 11) is 0. The number of likely N-dealkylation sites (tertiary alicyclic amines) is 1. The number of imidazole rings is 1. The Bertz CT molecular complexity index is 863. The SMILES string of the molecule is Cc1cccc2nc(C(=O)NC[C@H](c3ccco3)N3CCCC3)cn12. The first-order valence-corrected chi connectivity index (χ1v) is 8.73. The number of nitrogens with one attached hydrogen (secondary N) is 1. The lowest BCUT2D eigenvalue weighted by Gasteiger charge is -2.25. The number of fused-ring (bicyclic) bond motifs is 1. The predicted molar refractivity (Wildman–Crippen MR) is 94.5 cm³/mol. The summed E-state index contributed by atoms with van der Waals surface area (Å²) < 4.78 is 7.53. The first kappa shape index (κ1) is 15.9. The molecule has 1 N–H and O–H groups in total. The van der Waals surface area contributed by atoms with Crippen LogP contribution in [0, 0.1) is 6.92 Å². The average Bonchev–Trinajstić information content (AvgIpc) is 3.36. The van der Waals surface area contributed by atoms with Crippen molar-refractivity contribution in [1.29, 1.82) is 0 Å². The van der Waals surface area contributed by atoms with Crippen molar-refractivity contribution < 1.29 is 9.21 Å². The Morgan fingerprint density at radius 3 is 2.84 bits per heavy atom. The summed E-state index contributed by atoms with van der Waals surface area (Å²) in [6, 6.07) is 9.78. The van der Waals surface area contributed by atoms with Gasteiger partial charge in [-0.25, -0.2) is 4.98 Å². The number of hydrogen-bond acceptors (Lipinski definition) is 4. The summed E-state index contributed by atoms with van der Waals surface area (Å²) in [6.45, 7) is 4.58. The van der Waals surface area contributed by atoms with Crippen molar-refractivity contribution in [3.63, 3.8) is 0 Å². The Morgan fingerprint density at radius 1 is 1.28 bits per heavy atom. The molecule has 0 saturated carbocycles. The summed E-state index contributed by atoms with van der Waals surface area (Å²) >= 11 is 0. The summed E-state index contributed by atoms with van der Waals surface area (Å²) in [6.07, 6.45) is 5.86. The fourth-order valence-electron chi connectivity index (χ4n) is 3.48. The smallest absolute Gasteiger partial charge is 0.271 e. The molecule has 1 aliphatic rings. The molecule has 3 aromatic heterocycles. The molecule has 0 bridgehead atoms. The second-order valence-corrected chi connectivity index (χ2v) is 6.51. The maximum absolute atomic E-state index is 12.6. The Kier molecular flexibility index (Phi) is 4.28. The van der Waals surface area contributed by atoms with Gasteiger partial charge in [-0.2, -0.15) is 0 Å². The van der Waals surface area contributed by atoms with Gasteiger partial charge in [-0.1, -0.05) is 6.07 Å². The van der Waals surface area contributed by atoms with Crippen molar-refractivity contribution in [1.82, 2.24) is 19.6 Å². The molecule has 1 saturated heterocycles. The number of amides is 1. The monoisotopic (exact) mass is 338 g/mol. The average molecular weight is 338 g/mol. The van der Waals surface area contributed by atoms with Gasteiger partial charge in [0, 0.05) is 18.4 Å². The van der Waals surface area contributed by atoms with E-state index in [9.17, 15) is 4.79 Å². The number of carbonyl (C=O) groups excluding carboxylic acids is 1. The van der Waals surface area contributed by atoms with Crippen LogP contribution in [0.2, 0.25) is 0 Å². The number of aromatic nitrogens is 2. The number of rotatable bonds is 5. The van der Waals surface area contributed by atoms with E-state index in [1.807, 2.05) is 41.7 Å². The van der Waals surface area contributed by atoms with E-state index in [-0.39, 0.29) is 11.9 Å². The molecule has 0 radical (unpaired) electrons. The highest BCUT2D eigenvalue weighted by molar-refractivity contribution is 5.92. The van der Waals surface area contributed by atoms with Crippen molar-refractivity contribution in [2.24, 2.45) is 0 Å². The van der Waals surface area contributed by atoms with Gasteiger partial charge < -0.3 is 14.1 Å². The third-order valence-corrected chi connectivity index (χ3v) is 4.84. The number of aryl methyl sites for hydroxylation is 1. The number of hydrogen-bond donors (Lipinski definition) is 1. The number of furan rings is 1. The van der Waals surface area contributed by atoms with E-state index in [4.69, 9.17) is 4.42 Å².